The Balaban J connectivity index is 2.34. The average Bonchev–Trinajstić information content (AvgIpc) is 3.05. The number of aromatic hydroxyl groups is 1. The van der Waals surface area contributed by atoms with Crippen molar-refractivity contribution < 1.29 is 22.9 Å². The predicted molar refractivity (Wildman–Crippen MR) is 101 cm³/mol. The van der Waals surface area contributed by atoms with Crippen LogP contribution in [0.5, 0.6) is 5.75 Å². The van der Waals surface area contributed by atoms with Crippen LogP contribution in [0, 0.1) is 0 Å². The van der Waals surface area contributed by atoms with Crippen LogP contribution in [0.15, 0.2) is 33.5 Å². The summed E-state index contributed by atoms with van der Waals surface area (Å²) in [5.74, 6) is 0.513. The highest BCUT2D eigenvalue weighted by Gasteiger charge is 2.27. The molecule has 1 aromatic heterocycles. The van der Waals surface area contributed by atoms with Crippen molar-refractivity contribution in [1.82, 2.24) is 14.6 Å². The smallest absolute Gasteiger partial charge is 0.247 e. The number of benzene rings is 1. The molecule has 0 amide bonds. The van der Waals surface area contributed by atoms with Crippen molar-refractivity contribution in [1.29, 1.82) is 0 Å². The molecule has 0 saturated heterocycles. The fourth-order valence-corrected chi connectivity index (χ4v) is 3.53. The number of nitrogens with one attached hydrogen (secondary N) is 2. The minimum atomic E-state index is -3.97. The van der Waals surface area contributed by atoms with Gasteiger partial charge in [-0.05, 0) is 35.4 Å². The first-order chi connectivity index (χ1) is 12.7. The Bertz CT molecular complexity index is 942. The van der Waals surface area contributed by atoms with Gasteiger partial charge in [0.15, 0.2) is 5.75 Å². The second-order valence-corrected chi connectivity index (χ2v) is 7.96. The van der Waals surface area contributed by atoms with Gasteiger partial charge in [-0.3, -0.25) is 0 Å². The molecule has 0 unspecified atom stereocenters. The normalized spacial score (nSPS) is 12.3. The molecule has 0 radical (unpaired) electrons. The minimum Gasteiger partial charge on any atom is -0.504 e. The Hall–Kier alpha value is -2.50. The summed E-state index contributed by atoms with van der Waals surface area (Å²) in [6.07, 6.45) is 1.77. The molecule has 1 aromatic carbocycles. The molecule has 3 N–H and O–H groups in total. The highest BCUT2D eigenvalue weighted by Crippen LogP contribution is 2.39. The highest BCUT2D eigenvalue weighted by atomic mass is 35.5. The van der Waals surface area contributed by atoms with E-state index in [0.717, 1.165) is 4.31 Å². The number of hydrogen-bond acceptors (Lipinski definition) is 9. The van der Waals surface area contributed by atoms with E-state index in [-0.39, 0.29) is 22.3 Å². The lowest BCUT2D eigenvalue weighted by molar-refractivity contribution is 0.288. The fourth-order valence-electron chi connectivity index (χ4n) is 2.05. The average molecular weight is 418 g/mol. The van der Waals surface area contributed by atoms with Crippen molar-refractivity contribution in [2.24, 2.45) is 0 Å². The van der Waals surface area contributed by atoms with E-state index in [1.165, 1.54) is 33.3 Å². The van der Waals surface area contributed by atoms with Crippen LogP contribution in [0.2, 0.25) is 5.02 Å². The number of sulfonamides is 1. The van der Waals surface area contributed by atoms with Crippen LogP contribution in [-0.2, 0) is 14.8 Å². The summed E-state index contributed by atoms with van der Waals surface area (Å²) in [6.45, 7) is 2.14. The van der Waals surface area contributed by atoms with Gasteiger partial charge in [0.25, 0.3) is 0 Å². The zero-order valence-electron chi connectivity index (χ0n) is 15.1. The molecule has 27 heavy (non-hydrogen) atoms. The number of anilines is 3. The summed E-state index contributed by atoms with van der Waals surface area (Å²) >= 11 is 5.99. The van der Waals surface area contributed by atoms with E-state index in [1.807, 2.05) is 6.92 Å². The first-order valence-corrected chi connectivity index (χ1v) is 9.50. The maximum atomic E-state index is 12.4. The quantitative estimate of drug-likeness (QED) is 0.437. The second-order valence-electron chi connectivity index (χ2n) is 5.46. The molecular formula is C15H20ClN5O5S. The SMILES string of the molecule is C/C=C(/CNc1nonc1Nc1ccc(Cl)c(S(=O)(=O)N(C)C)c1O)OC. The molecule has 2 aromatic rings. The van der Waals surface area contributed by atoms with Crippen LogP contribution in [-0.4, -0.2) is 55.9 Å². The third-order valence-electron chi connectivity index (χ3n) is 3.58. The molecule has 2 rings (SSSR count). The first-order valence-electron chi connectivity index (χ1n) is 7.69. The van der Waals surface area contributed by atoms with E-state index in [0.29, 0.717) is 12.3 Å². The largest absolute Gasteiger partial charge is 0.504 e. The highest BCUT2D eigenvalue weighted by molar-refractivity contribution is 7.89. The molecule has 1 heterocycles. The number of phenolic OH excluding ortho intramolecular Hbond substituents is 1. The Morgan fingerprint density at radius 1 is 1.37 bits per heavy atom. The summed E-state index contributed by atoms with van der Waals surface area (Å²) < 4.78 is 35.6. The molecule has 0 aliphatic rings. The number of ether oxygens (including phenoxy) is 1. The molecule has 0 aliphatic carbocycles. The van der Waals surface area contributed by atoms with E-state index in [2.05, 4.69) is 20.9 Å². The number of aromatic nitrogens is 2. The number of nitrogens with zero attached hydrogens (tertiary/aromatic N) is 3. The Kier molecular flexibility index (Phi) is 6.52. The third-order valence-corrected chi connectivity index (χ3v) is 5.90. The molecular weight excluding hydrogens is 398 g/mol. The van der Waals surface area contributed by atoms with E-state index in [9.17, 15) is 13.5 Å². The zero-order valence-corrected chi connectivity index (χ0v) is 16.7. The third kappa shape index (κ3) is 4.43. The van der Waals surface area contributed by atoms with Crippen LogP contribution in [0.25, 0.3) is 0 Å². The number of hydrogen-bond donors (Lipinski definition) is 3. The van der Waals surface area contributed by atoms with Crippen molar-refractivity contribution in [3.05, 3.63) is 29.0 Å². The topological polar surface area (TPSA) is 130 Å². The maximum Gasteiger partial charge on any atom is 0.247 e. The molecule has 12 heteroatoms. The molecule has 148 valence electrons. The monoisotopic (exact) mass is 417 g/mol. The van der Waals surface area contributed by atoms with E-state index >= 15 is 0 Å². The molecule has 0 aliphatic heterocycles. The standard InChI is InChI=1S/C15H20ClN5O5S/c1-5-9(25-4)8-17-14-15(20-26-19-14)18-11-7-6-10(16)13(12(11)22)27(23,24)21(2)3/h5-7,22H,8H2,1-4H3,(H,17,19)(H,18,20)/b9-5-. The predicted octanol–water partition coefficient (Wildman–Crippen LogP) is 2.38. The van der Waals surface area contributed by atoms with Gasteiger partial charge < -0.3 is 20.5 Å². The van der Waals surface area contributed by atoms with Crippen molar-refractivity contribution >= 4 is 38.9 Å². The Morgan fingerprint density at radius 3 is 2.63 bits per heavy atom. The number of allylic oxidation sites excluding steroid dienone is 1. The fraction of sp³-hybridized carbons (Fsp3) is 0.333. The van der Waals surface area contributed by atoms with Crippen LogP contribution >= 0.6 is 11.6 Å². The number of phenols is 1. The van der Waals surface area contributed by atoms with Crippen molar-refractivity contribution in [3.63, 3.8) is 0 Å². The summed E-state index contributed by atoms with van der Waals surface area (Å²) in [5, 5.41) is 23.5. The zero-order chi connectivity index (χ0) is 20.2. The Labute approximate surface area is 161 Å². The maximum absolute atomic E-state index is 12.4. The minimum absolute atomic E-state index is 0.0663. The molecule has 0 atom stereocenters. The van der Waals surface area contributed by atoms with Gasteiger partial charge >= 0.3 is 0 Å². The molecule has 10 nitrogen and oxygen atoms in total. The summed E-state index contributed by atoms with van der Waals surface area (Å²) in [7, 11) is 0.245. The number of rotatable bonds is 8. The lowest BCUT2D eigenvalue weighted by Gasteiger charge is -2.16. The van der Waals surface area contributed by atoms with Crippen LogP contribution in [0.3, 0.4) is 0 Å². The number of halogens is 1. The summed E-state index contributed by atoms with van der Waals surface area (Å²) in [4.78, 5) is -0.416. The van der Waals surface area contributed by atoms with Gasteiger partial charge in [-0.1, -0.05) is 11.6 Å². The molecule has 0 saturated carbocycles. The second kappa shape index (κ2) is 8.46. The lowest BCUT2D eigenvalue weighted by Crippen LogP contribution is -2.22. The number of methoxy groups -OCH3 is 1. The van der Waals surface area contributed by atoms with E-state index in [1.54, 1.807) is 6.08 Å². The molecule has 0 spiro atoms. The molecule has 0 bridgehead atoms. The van der Waals surface area contributed by atoms with Gasteiger partial charge in [-0.2, -0.15) is 0 Å². The van der Waals surface area contributed by atoms with Gasteiger partial charge in [-0.15, -0.1) is 0 Å². The summed E-state index contributed by atoms with van der Waals surface area (Å²) in [6, 6.07) is 2.76. The van der Waals surface area contributed by atoms with Crippen LogP contribution in [0.4, 0.5) is 17.3 Å². The van der Waals surface area contributed by atoms with Crippen molar-refractivity contribution in [3.8, 4) is 5.75 Å². The van der Waals surface area contributed by atoms with Crippen molar-refractivity contribution in [2.45, 2.75) is 11.8 Å². The van der Waals surface area contributed by atoms with Crippen LogP contribution in [0.1, 0.15) is 6.92 Å². The van der Waals surface area contributed by atoms with Crippen molar-refractivity contribution in [2.75, 3.05) is 38.4 Å². The summed E-state index contributed by atoms with van der Waals surface area (Å²) in [5.41, 5.74) is 0.0663. The van der Waals surface area contributed by atoms with E-state index in [4.69, 9.17) is 21.0 Å². The van der Waals surface area contributed by atoms with Gasteiger partial charge in [0.05, 0.1) is 24.4 Å². The Morgan fingerprint density at radius 2 is 2.04 bits per heavy atom. The first kappa shape index (κ1) is 20.8. The van der Waals surface area contributed by atoms with Gasteiger partial charge in [-0.25, -0.2) is 17.4 Å². The van der Waals surface area contributed by atoms with Gasteiger partial charge in [0.2, 0.25) is 21.7 Å². The van der Waals surface area contributed by atoms with Gasteiger partial charge in [0.1, 0.15) is 10.7 Å². The van der Waals surface area contributed by atoms with E-state index < -0.39 is 20.7 Å². The molecule has 0 fully saturated rings. The van der Waals surface area contributed by atoms with Gasteiger partial charge in [0, 0.05) is 14.1 Å². The van der Waals surface area contributed by atoms with Crippen LogP contribution < -0.4 is 10.6 Å². The lowest BCUT2D eigenvalue weighted by atomic mass is 10.3.